The molecule has 3 atom stereocenters. The zero-order valence-electron chi connectivity index (χ0n) is 20.5. The van der Waals surface area contributed by atoms with Crippen molar-refractivity contribution in [1.82, 2.24) is 4.98 Å². The highest BCUT2D eigenvalue weighted by Gasteiger charge is 2.18. The van der Waals surface area contributed by atoms with Crippen LogP contribution in [0.5, 0.6) is 0 Å². The Labute approximate surface area is 208 Å². The second kappa shape index (κ2) is 17.5. The fourth-order valence-corrected chi connectivity index (χ4v) is 3.16. The minimum atomic E-state index is -0.460. The number of aldehydes is 1. The van der Waals surface area contributed by atoms with Gasteiger partial charge in [0.1, 0.15) is 6.10 Å². The molecule has 0 aliphatic carbocycles. The van der Waals surface area contributed by atoms with Gasteiger partial charge >= 0.3 is 0 Å². The van der Waals surface area contributed by atoms with Gasteiger partial charge in [-0.3, -0.25) is 4.98 Å². The smallest absolute Gasteiger partial charge is 0.151 e. The fourth-order valence-electron chi connectivity index (χ4n) is 3.16. The van der Waals surface area contributed by atoms with Crippen LogP contribution in [0.2, 0.25) is 0 Å². The molecule has 0 aliphatic rings. The lowest BCUT2D eigenvalue weighted by Crippen LogP contribution is -2.41. The lowest BCUT2D eigenvalue weighted by atomic mass is 10.1. The second-order valence-electron chi connectivity index (χ2n) is 7.87. The first kappa shape index (κ1) is 28.3. The standard InChI is InChI=1S/C17H22N2O2.C11H14O3/c1-20-17(13-21-12-14-7-3-2-4-8-14)16(18)11-15-9-5-6-10-19-15;1-13-11(7-12)9-14-8-10-5-3-2-4-6-10/h2-10,16-17H,11-13,18H2,1H3;2-7,11H,8-9H2,1H3/t16-,17+;/m1./s1. The van der Waals surface area contributed by atoms with E-state index in [1.807, 2.05) is 78.9 Å². The number of ether oxygens (including phenoxy) is 4. The van der Waals surface area contributed by atoms with Crippen molar-refractivity contribution in [2.24, 2.45) is 5.73 Å². The van der Waals surface area contributed by atoms with Gasteiger partial charge in [0.25, 0.3) is 0 Å². The van der Waals surface area contributed by atoms with Gasteiger partial charge in [-0.05, 0) is 23.3 Å². The Morgan fingerprint density at radius 1 is 0.800 bits per heavy atom. The zero-order valence-corrected chi connectivity index (χ0v) is 20.5. The number of hydrogen-bond donors (Lipinski definition) is 1. The number of benzene rings is 2. The maximum atomic E-state index is 10.4. The summed E-state index contributed by atoms with van der Waals surface area (Å²) < 4.78 is 21.3. The van der Waals surface area contributed by atoms with Crippen LogP contribution in [0.4, 0.5) is 0 Å². The van der Waals surface area contributed by atoms with E-state index < -0.39 is 6.10 Å². The van der Waals surface area contributed by atoms with Crippen LogP contribution < -0.4 is 5.73 Å². The maximum absolute atomic E-state index is 10.4. The second-order valence-corrected chi connectivity index (χ2v) is 7.87. The Balaban J connectivity index is 0.000000269. The van der Waals surface area contributed by atoms with Crippen LogP contribution in [0.3, 0.4) is 0 Å². The topological polar surface area (TPSA) is 92.9 Å². The predicted molar refractivity (Wildman–Crippen MR) is 136 cm³/mol. The maximum Gasteiger partial charge on any atom is 0.151 e. The van der Waals surface area contributed by atoms with Gasteiger partial charge < -0.3 is 29.5 Å². The molecule has 0 saturated carbocycles. The van der Waals surface area contributed by atoms with Crippen LogP contribution >= 0.6 is 0 Å². The molecule has 2 aromatic carbocycles. The summed E-state index contributed by atoms with van der Waals surface area (Å²) in [6, 6.07) is 25.6. The van der Waals surface area contributed by atoms with Crippen molar-refractivity contribution in [3.63, 3.8) is 0 Å². The van der Waals surface area contributed by atoms with Gasteiger partial charge in [-0.1, -0.05) is 66.7 Å². The van der Waals surface area contributed by atoms with Crippen molar-refractivity contribution in [2.45, 2.75) is 37.9 Å². The molecule has 1 unspecified atom stereocenters. The largest absolute Gasteiger partial charge is 0.377 e. The molecule has 0 aliphatic heterocycles. The molecule has 3 rings (SSSR count). The minimum absolute atomic E-state index is 0.138. The number of carbonyl (C=O) groups excluding carboxylic acids is 1. The summed E-state index contributed by atoms with van der Waals surface area (Å²) in [5, 5.41) is 0. The van der Waals surface area contributed by atoms with Crippen molar-refractivity contribution in [1.29, 1.82) is 0 Å². The van der Waals surface area contributed by atoms with E-state index in [0.717, 1.165) is 23.1 Å². The van der Waals surface area contributed by atoms with E-state index in [1.54, 1.807) is 13.3 Å². The fraction of sp³-hybridized carbons (Fsp3) is 0.357. The van der Waals surface area contributed by atoms with Crippen molar-refractivity contribution >= 4 is 6.29 Å². The van der Waals surface area contributed by atoms with Crippen LogP contribution in [0, 0.1) is 0 Å². The van der Waals surface area contributed by atoms with E-state index in [9.17, 15) is 4.79 Å². The van der Waals surface area contributed by atoms with Gasteiger partial charge in [-0.25, -0.2) is 0 Å². The third-order valence-corrected chi connectivity index (χ3v) is 5.19. The van der Waals surface area contributed by atoms with E-state index in [0.29, 0.717) is 32.8 Å². The monoisotopic (exact) mass is 480 g/mol. The van der Waals surface area contributed by atoms with E-state index in [4.69, 9.17) is 24.7 Å². The number of nitrogens with two attached hydrogens (primary N) is 1. The van der Waals surface area contributed by atoms with Crippen molar-refractivity contribution in [2.75, 3.05) is 27.4 Å². The predicted octanol–water partition coefficient (Wildman–Crippen LogP) is 3.60. The molecule has 2 N–H and O–H groups in total. The van der Waals surface area contributed by atoms with Gasteiger partial charge in [0, 0.05) is 38.6 Å². The first-order valence-electron chi connectivity index (χ1n) is 11.6. The van der Waals surface area contributed by atoms with Gasteiger partial charge in [-0.2, -0.15) is 0 Å². The highest BCUT2D eigenvalue weighted by atomic mass is 16.5. The molecular weight excluding hydrogens is 444 g/mol. The molecule has 188 valence electrons. The van der Waals surface area contributed by atoms with Crippen molar-refractivity contribution in [3.05, 3.63) is 102 Å². The quantitative estimate of drug-likeness (QED) is 0.352. The Morgan fingerprint density at radius 3 is 1.86 bits per heavy atom. The number of pyridine rings is 1. The number of aromatic nitrogens is 1. The number of methoxy groups -OCH3 is 2. The van der Waals surface area contributed by atoms with E-state index >= 15 is 0 Å². The van der Waals surface area contributed by atoms with Crippen molar-refractivity contribution in [3.8, 4) is 0 Å². The van der Waals surface area contributed by atoms with Gasteiger partial charge in [0.15, 0.2) is 6.29 Å². The molecule has 0 radical (unpaired) electrons. The Kier molecular flexibility index (Phi) is 14.1. The highest BCUT2D eigenvalue weighted by Crippen LogP contribution is 2.07. The number of hydrogen-bond acceptors (Lipinski definition) is 7. The molecule has 0 fully saturated rings. The van der Waals surface area contributed by atoms with Gasteiger partial charge in [-0.15, -0.1) is 0 Å². The molecule has 1 heterocycles. The van der Waals surface area contributed by atoms with Crippen LogP contribution in [-0.2, 0) is 43.4 Å². The average Bonchev–Trinajstić information content (AvgIpc) is 2.91. The molecular formula is C28H36N2O5. The summed E-state index contributed by atoms with van der Waals surface area (Å²) in [4.78, 5) is 14.7. The lowest BCUT2D eigenvalue weighted by molar-refractivity contribution is -0.120. The molecule has 0 bridgehead atoms. The van der Waals surface area contributed by atoms with Crippen LogP contribution in [0.1, 0.15) is 16.8 Å². The number of rotatable bonds is 14. The summed E-state index contributed by atoms with van der Waals surface area (Å²) in [5.74, 6) is 0. The molecule has 1 aromatic heterocycles. The minimum Gasteiger partial charge on any atom is -0.377 e. The van der Waals surface area contributed by atoms with E-state index in [-0.39, 0.29) is 12.1 Å². The highest BCUT2D eigenvalue weighted by molar-refractivity contribution is 5.56. The first-order chi connectivity index (χ1) is 17.2. The SMILES string of the molecule is COC(C=O)COCc1ccccc1.CO[C@@H](COCc1ccccc1)[C@H](N)Cc1ccccn1. The van der Waals surface area contributed by atoms with E-state index in [2.05, 4.69) is 4.98 Å². The molecule has 0 spiro atoms. The summed E-state index contributed by atoms with van der Waals surface area (Å²) in [6.45, 7) is 1.85. The molecule has 0 saturated heterocycles. The third kappa shape index (κ3) is 11.8. The summed E-state index contributed by atoms with van der Waals surface area (Å²) in [6.07, 6.45) is 2.59. The zero-order chi connectivity index (χ0) is 25.1. The first-order valence-corrected chi connectivity index (χ1v) is 11.6. The number of carbonyl (C=O) groups is 1. The summed E-state index contributed by atoms with van der Waals surface area (Å²) >= 11 is 0. The van der Waals surface area contributed by atoms with Crippen LogP contribution in [-0.4, -0.2) is 57.0 Å². The Hall–Kier alpha value is -2.94. The molecule has 0 amide bonds. The lowest BCUT2D eigenvalue weighted by Gasteiger charge is -2.22. The molecule has 3 aromatic rings. The average molecular weight is 481 g/mol. The molecule has 7 heteroatoms. The molecule has 35 heavy (non-hydrogen) atoms. The van der Waals surface area contributed by atoms with Gasteiger partial charge in [0.2, 0.25) is 0 Å². The number of nitrogens with zero attached hydrogens (tertiary/aromatic N) is 1. The van der Waals surface area contributed by atoms with Crippen LogP contribution in [0.25, 0.3) is 0 Å². The third-order valence-electron chi connectivity index (χ3n) is 5.19. The van der Waals surface area contributed by atoms with Crippen molar-refractivity contribution < 1.29 is 23.7 Å². The molecule has 7 nitrogen and oxygen atoms in total. The normalized spacial score (nSPS) is 13.2. The Bertz CT molecular complexity index is 912. The van der Waals surface area contributed by atoms with Gasteiger partial charge in [0.05, 0.1) is 32.5 Å². The van der Waals surface area contributed by atoms with E-state index in [1.165, 1.54) is 7.11 Å². The summed E-state index contributed by atoms with van der Waals surface area (Å²) in [5.41, 5.74) is 9.40. The van der Waals surface area contributed by atoms with Crippen LogP contribution in [0.15, 0.2) is 85.1 Å². The Morgan fingerprint density at radius 2 is 1.37 bits per heavy atom. The summed E-state index contributed by atoms with van der Waals surface area (Å²) in [7, 11) is 3.15.